The zero-order valence-electron chi connectivity index (χ0n) is 11.2. The fraction of sp³-hybridized carbons (Fsp3) is 0.400. The first-order chi connectivity index (χ1) is 8.31. The summed E-state index contributed by atoms with van der Waals surface area (Å²) in [5, 5.41) is 0. The number of hydrogen-bond donors (Lipinski definition) is 1. The molecule has 1 N–H and O–H groups in total. The number of nitrogens with one attached hydrogen (secondary N) is 1. The van der Waals surface area contributed by atoms with Gasteiger partial charge in [0, 0.05) is 0 Å². The molecule has 1 heterocycles. The molecular weight excluding hydrogens is 208 g/mol. The second-order valence-electron chi connectivity index (χ2n) is 3.90. The molecule has 92 valence electrons. The van der Waals surface area contributed by atoms with Crippen LogP contribution in [-0.4, -0.2) is 9.97 Å². The van der Waals surface area contributed by atoms with Crippen molar-refractivity contribution < 1.29 is 0 Å². The van der Waals surface area contributed by atoms with Gasteiger partial charge in [-0.3, -0.25) is 0 Å². The van der Waals surface area contributed by atoms with E-state index in [-0.39, 0.29) is 0 Å². The third-order valence-corrected chi connectivity index (χ3v) is 2.90. The molecule has 17 heavy (non-hydrogen) atoms. The lowest BCUT2D eigenvalue weighted by Crippen LogP contribution is -1.90. The maximum atomic E-state index is 4.02. The lowest BCUT2D eigenvalue weighted by atomic mass is 9.97. The van der Waals surface area contributed by atoms with Gasteiger partial charge >= 0.3 is 0 Å². The first kappa shape index (κ1) is 13.5. The van der Waals surface area contributed by atoms with Crippen molar-refractivity contribution in [2.75, 3.05) is 0 Å². The minimum atomic E-state index is 0.640. The molecule has 0 amide bonds. The first-order valence-corrected chi connectivity index (χ1v) is 6.40. The molecule has 2 aromatic rings. The number of aromatic nitrogens is 2. The number of benzene rings is 1. The van der Waals surface area contributed by atoms with Gasteiger partial charge in [-0.05, 0) is 23.5 Å². The summed E-state index contributed by atoms with van der Waals surface area (Å²) in [5.74, 6) is 0.640. The topological polar surface area (TPSA) is 28.7 Å². The Kier molecular flexibility index (Phi) is 5.47. The van der Waals surface area contributed by atoms with Crippen LogP contribution in [0.4, 0.5) is 0 Å². The molecule has 0 aliphatic heterocycles. The van der Waals surface area contributed by atoms with E-state index < -0.39 is 0 Å². The van der Waals surface area contributed by atoms with Gasteiger partial charge in [-0.1, -0.05) is 52.0 Å². The summed E-state index contributed by atoms with van der Waals surface area (Å²) in [6.07, 6.45) is 4.74. The van der Waals surface area contributed by atoms with Crippen LogP contribution in [-0.2, 0) is 0 Å². The largest absolute Gasteiger partial charge is 0.345 e. The van der Waals surface area contributed by atoms with Crippen molar-refractivity contribution in [3.8, 4) is 11.3 Å². The molecule has 0 spiro atoms. The molecule has 1 aromatic heterocycles. The minimum absolute atomic E-state index is 0.640. The number of hydrogen-bond acceptors (Lipinski definition) is 1. The normalized spacial score (nSPS) is 11.5. The van der Waals surface area contributed by atoms with Crippen LogP contribution in [0.2, 0.25) is 0 Å². The predicted octanol–water partition coefficient (Wildman–Crippen LogP) is 4.62. The maximum Gasteiger partial charge on any atom is 0.0924 e. The van der Waals surface area contributed by atoms with Crippen LogP contribution in [0.1, 0.15) is 45.6 Å². The lowest BCUT2D eigenvalue weighted by molar-refractivity contribution is 0.734. The van der Waals surface area contributed by atoms with E-state index in [0.717, 1.165) is 5.69 Å². The molecule has 2 nitrogen and oxygen atoms in total. The third-order valence-electron chi connectivity index (χ3n) is 2.90. The van der Waals surface area contributed by atoms with Crippen molar-refractivity contribution in [1.82, 2.24) is 9.97 Å². The van der Waals surface area contributed by atoms with E-state index in [0.29, 0.717) is 5.92 Å². The highest BCUT2D eigenvalue weighted by Gasteiger charge is 2.03. The molecule has 2 heteroatoms. The Morgan fingerprint density at radius 1 is 1.18 bits per heavy atom. The van der Waals surface area contributed by atoms with Crippen molar-refractivity contribution in [3.05, 3.63) is 42.4 Å². The summed E-state index contributed by atoms with van der Waals surface area (Å²) in [4.78, 5) is 7.12. The fourth-order valence-electron chi connectivity index (χ4n) is 1.64. The quantitative estimate of drug-likeness (QED) is 0.819. The van der Waals surface area contributed by atoms with Crippen molar-refractivity contribution in [2.24, 2.45) is 0 Å². The van der Waals surface area contributed by atoms with Crippen LogP contribution >= 0.6 is 0 Å². The van der Waals surface area contributed by atoms with Crippen LogP contribution in [0.5, 0.6) is 0 Å². The first-order valence-electron chi connectivity index (χ1n) is 6.40. The smallest absolute Gasteiger partial charge is 0.0924 e. The Morgan fingerprint density at radius 3 is 2.29 bits per heavy atom. The van der Waals surface area contributed by atoms with Crippen LogP contribution in [0.3, 0.4) is 0 Å². The predicted molar refractivity (Wildman–Crippen MR) is 74.1 cm³/mol. The van der Waals surface area contributed by atoms with Gasteiger partial charge in [0.15, 0.2) is 0 Å². The monoisotopic (exact) mass is 230 g/mol. The van der Waals surface area contributed by atoms with Gasteiger partial charge in [0.2, 0.25) is 0 Å². The van der Waals surface area contributed by atoms with E-state index in [9.17, 15) is 0 Å². The van der Waals surface area contributed by atoms with Gasteiger partial charge in [0.25, 0.3) is 0 Å². The SMILES string of the molecule is CC.CCC(C)c1ccc(-c2cnc[nH]2)cc1. The Morgan fingerprint density at radius 2 is 1.82 bits per heavy atom. The lowest BCUT2D eigenvalue weighted by Gasteiger charge is -2.08. The van der Waals surface area contributed by atoms with Crippen molar-refractivity contribution >= 4 is 0 Å². The Bertz CT molecular complexity index is 401. The minimum Gasteiger partial charge on any atom is -0.345 e. The van der Waals surface area contributed by atoms with Gasteiger partial charge < -0.3 is 4.98 Å². The molecule has 0 aliphatic rings. The molecule has 0 bridgehead atoms. The van der Waals surface area contributed by atoms with E-state index in [4.69, 9.17) is 0 Å². The van der Waals surface area contributed by atoms with Crippen LogP contribution in [0.15, 0.2) is 36.8 Å². The van der Waals surface area contributed by atoms with Gasteiger partial charge in [-0.15, -0.1) is 0 Å². The van der Waals surface area contributed by atoms with Crippen molar-refractivity contribution in [1.29, 1.82) is 0 Å². The summed E-state index contributed by atoms with van der Waals surface area (Å²) >= 11 is 0. The molecule has 2 rings (SSSR count). The highest BCUT2D eigenvalue weighted by atomic mass is 14.9. The standard InChI is InChI=1S/C13H16N2.C2H6/c1-3-10(2)11-4-6-12(7-5-11)13-8-14-9-15-13;1-2/h4-10H,3H2,1-2H3,(H,14,15);1-2H3. The molecular formula is C15H22N2. The van der Waals surface area contributed by atoms with Gasteiger partial charge in [-0.25, -0.2) is 4.98 Å². The summed E-state index contributed by atoms with van der Waals surface area (Å²) < 4.78 is 0. The summed E-state index contributed by atoms with van der Waals surface area (Å²) in [6.45, 7) is 8.47. The molecule has 1 aromatic carbocycles. The van der Waals surface area contributed by atoms with Crippen molar-refractivity contribution in [3.63, 3.8) is 0 Å². The second-order valence-corrected chi connectivity index (χ2v) is 3.90. The molecule has 0 saturated carbocycles. The molecule has 1 atom stereocenters. The van der Waals surface area contributed by atoms with Crippen LogP contribution < -0.4 is 0 Å². The Hall–Kier alpha value is -1.57. The van der Waals surface area contributed by atoms with Crippen LogP contribution in [0.25, 0.3) is 11.3 Å². The molecule has 0 saturated heterocycles. The van der Waals surface area contributed by atoms with E-state index in [1.807, 2.05) is 20.0 Å². The Balaban J connectivity index is 0.000000686. The van der Waals surface area contributed by atoms with E-state index in [2.05, 4.69) is 48.1 Å². The van der Waals surface area contributed by atoms with Gasteiger partial charge in [0.05, 0.1) is 18.2 Å². The zero-order chi connectivity index (χ0) is 12.7. The fourth-order valence-corrected chi connectivity index (χ4v) is 1.64. The van der Waals surface area contributed by atoms with Crippen LogP contribution in [0, 0.1) is 0 Å². The van der Waals surface area contributed by atoms with E-state index >= 15 is 0 Å². The molecule has 0 fully saturated rings. The number of nitrogens with zero attached hydrogens (tertiary/aromatic N) is 1. The van der Waals surface area contributed by atoms with Gasteiger partial charge in [-0.2, -0.15) is 0 Å². The number of H-pyrrole nitrogens is 1. The van der Waals surface area contributed by atoms with E-state index in [1.165, 1.54) is 17.5 Å². The molecule has 1 unspecified atom stereocenters. The number of aromatic amines is 1. The summed E-state index contributed by atoms with van der Waals surface area (Å²) in [7, 11) is 0. The number of imidazole rings is 1. The molecule has 0 aliphatic carbocycles. The van der Waals surface area contributed by atoms with Crippen molar-refractivity contribution in [2.45, 2.75) is 40.0 Å². The average molecular weight is 230 g/mol. The molecule has 0 radical (unpaired) electrons. The highest BCUT2D eigenvalue weighted by Crippen LogP contribution is 2.22. The van der Waals surface area contributed by atoms with Gasteiger partial charge in [0.1, 0.15) is 0 Å². The zero-order valence-corrected chi connectivity index (χ0v) is 11.2. The maximum absolute atomic E-state index is 4.02. The summed E-state index contributed by atoms with van der Waals surface area (Å²) in [5.41, 5.74) is 3.67. The average Bonchev–Trinajstić information content (AvgIpc) is 2.94. The summed E-state index contributed by atoms with van der Waals surface area (Å²) in [6, 6.07) is 8.69. The van der Waals surface area contributed by atoms with E-state index in [1.54, 1.807) is 6.33 Å². The number of rotatable bonds is 3. The Labute approximate surface area is 104 Å². The second kappa shape index (κ2) is 6.89. The highest BCUT2D eigenvalue weighted by molar-refractivity contribution is 5.58. The third kappa shape index (κ3) is 3.45.